The molecule has 0 saturated heterocycles. The molecule has 0 saturated carbocycles. The first-order valence-electron chi connectivity index (χ1n) is 24.9. The fourth-order valence-electron chi connectivity index (χ4n) is 12.4. The fraction of sp³-hybridized carbons (Fsp3) is 0. The minimum atomic E-state index is 0.393. The number of aromatic nitrogens is 2. The Bertz CT molecular complexity index is 4990. The number of hydrogen-bond acceptors (Lipinski definition) is 4. The summed E-state index contributed by atoms with van der Waals surface area (Å²) in [6.07, 6.45) is 0. The number of fused-ring (bicyclic) bond motifs is 18. The van der Waals surface area contributed by atoms with Crippen molar-refractivity contribution >= 4 is 134 Å². The summed E-state index contributed by atoms with van der Waals surface area (Å²) in [6, 6.07) is 79.5. The maximum atomic E-state index is 12.5. The maximum Gasteiger partial charge on any atom is 0.221 e. The maximum absolute atomic E-state index is 12.5. The molecule has 0 atom stereocenters. The molecule has 0 N–H and O–H groups in total. The Hall–Kier alpha value is -9.76. The van der Waals surface area contributed by atoms with Gasteiger partial charge in [0.15, 0.2) is 0 Å². The van der Waals surface area contributed by atoms with Gasteiger partial charge in [-0.25, -0.2) is 4.85 Å². The van der Waals surface area contributed by atoms with E-state index < -0.39 is 0 Å². The van der Waals surface area contributed by atoms with Gasteiger partial charge < -0.3 is 13.6 Å². The molecule has 0 aliphatic rings. The van der Waals surface area contributed by atoms with Crippen molar-refractivity contribution in [3.05, 3.63) is 235 Å². The van der Waals surface area contributed by atoms with Gasteiger partial charge in [-0.1, -0.05) is 188 Å². The van der Waals surface area contributed by atoms with Crippen molar-refractivity contribution < 1.29 is 4.42 Å². The molecule has 0 amide bonds. The molecule has 0 unspecified atom stereocenters. The lowest BCUT2D eigenvalue weighted by atomic mass is 9.88. The van der Waals surface area contributed by atoms with Crippen LogP contribution < -0.4 is 0 Å². The Morgan fingerprint density at radius 2 is 0.947 bits per heavy atom. The van der Waals surface area contributed by atoms with E-state index in [9.17, 15) is 11.8 Å². The first-order valence-corrected chi connectivity index (χ1v) is 26.6. The van der Waals surface area contributed by atoms with Crippen molar-refractivity contribution in [1.82, 2.24) is 9.13 Å². The van der Waals surface area contributed by atoms with Crippen molar-refractivity contribution in [2.75, 3.05) is 0 Å². The van der Waals surface area contributed by atoms with E-state index in [1.807, 2.05) is 24.3 Å². The van der Waals surface area contributed by atoms with Crippen LogP contribution in [0.25, 0.3) is 155 Å². The van der Waals surface area contributed by atoms with Crippen LogP contribution in [0.5, 0.6) is 0 Å². The molecule has 0 bridgehead atoms. The van der Waals surface area contributed by atoms with E-state index in [-0.39, 0.29) is 0 Å². The van der Waals surface area contributed by atoms with Gasteiger partial charge in [-0.3, -0.25) is 0 Å². The van der Waals surface area contributed by atoms with Crippen molar-refractivity contribution in [1.29, 1.82) is 5.26 Å². The Labute approximate surface area is 436 Å². The van der Waals surface area contributed by atoms with Crippen molar-refractivity contribution in [2.24, 2.45) is 0 Å². The molecule has 0 spiro atoms. The van der Waals surface area contributed by atoms with Gasteiger partial charge in [0.2, 0.25) is 5.69 Å². The SMILES string of the molecule is [C-]#[N+]c1c(-c2ccccc2)c(-n2c3ccc4oc5ccccc5c4c3c3cccc(-c4ccccc4)c32)c(-c2ccccc2)c(C#N)c1-n1c2c(ccc3c4ccccc4sc32)c2ccc3c4ccccc4sc3c21. The zero-order valence-corrected chi connectivity index (χ0v) is 41.4. The zero-order chi connectivity index (χ0) is 49.5. The quantitative estimate of drug-likeness (QED) is 0.161. The Kier molecular flexibility index (Phi) is 8.85. The minimum Gasteiger partial charge on any atom is -0.456 e. The van der Waals surface area contributed by atoms with E-state index in [0.717, 1.165) is 125 Å². The van der Waals surface area contributed by atoms with Crippen LogP contribution in [0.2, 0.25) is 0 Å². The average Bonchev–Trinajstić information content (AvgIpc) is 4.44. The zero-order valence-electron chi connectivity index (χ0n) is 39.8. The molecule has 75 heavy (non-hydrogen) atoms. The van der Waals surface area contributed by atoms with E-state index in [1.165, 1.54) is 20.2 Å². The number of rotatable bonds is 5. The number of para-hydroxylation sites is 2. The third-order valence-corrected chi connectivity index (χ3v) is 17.8. The number of nitriles is 1. The summed E-state index contributed by atoms with van der Waals surface area (Å²) in [4.78, 5) is 4.76. The first-order chi connectivity index (χ1) is 37.2. The molecular formula is C68H36N4OS2. The first kappa shape index (κ1) is 41.8. The predicted molar refractivity (Wildman–Crippen MR) is 315 cm³/mol. The second-order valence-corrected chi connectivity index (χ2v) is 21.3. The second-order valence-electron chi connectivity index (χ2n) is 19.2. The van der Waals surface area contributed by atoms with Gasteiger partial charge in [-0.15, -0.1) is 22.7 Å². The molecule has 5 nitrogen and oxygen atoms in total. The van der Waals surface area contributed by atoms with Gasteiger partial charge in [0.05, 0.1) is 55.0 Å². The number of nitrogens with zero attached hydrogens (tertiary/aromatic N) is 4. The highest BCUT2D eigenvalue weighted by atomic mass is 32.1. The Morgan fingerprint density at radius 1 is 0.413 bits per heavy atom. The molecule has 346 valence electrons. The van der Waals surface area contributed by atoms with E-state index in [2.05, 4.69) is 209 Å². The molecule has 0 radical (unpaired) electrons. The Balaban J connectivity index is 1.19. The van der Waals surface area contributed by atoms with Crippen LogP contribution in [0.1, 0.15) is 5.56 Å². The molecular weight excluding hydrogens is 953 g/mol. The third-order valence-electron chi connectivity index (χ3n) is 15.4. The van der Waals surface area contributed by atoms with E-state index in [1.54, 1.807) is 22.7 Å². The molecule has 16 rings (SSSR count). The van der Waals surface area contributed by atoms with Crippen LogP contribution in [-0.4, -0.2) is 9.13 Å². The average molecular weight is 989 g/mol. The van der Waals surface area contributed by atoms with Gasteiger partial charge in [0, 0.05) is 80.0 Å². The molecule has 0 aliphatic heterocycles. The van der Waals surface area contributed by atoms with Gasteiger partial charge >= 0.3 is 0 Å². The monoisotopic (exact) mass is 988 g/mol. The smallest absolute Gasteiger partial charge is 0.221 e. The molecule has 0 fully saturated rings. The topological polar surface area (TPSA) is 51.1 Å². The summed E-state index contributed by atoms with van der Waals surface area (Å²) in [5.74, 6) is 0. The number of furan rings is 1. The highest BCUT2D eigenvalue weighted by Crippen LogP contribution is 2.56. The van der Waals surface area contributed by atoms with E-state index in [4.69, 9.17) is 9.26 Å². The van der Waals surface area contributed by atoms with Crippen molar-refractivity contribution in [3.63, 3.8) is 0 Å². The summed E-state index contributed by atoms with van der Waals surface area (Å²) in [5, 5.41) is 23.4. The minimum absolute atomic E-state index is 0.393. The van der Waals surface area contributed by atoms with Crippen LogP contribution in [0.15, 0.2) is 223 Å². The van der Waals surface area contributed by atoms with Gasteiger partial charge in [0.25, 0.3) is 0 Å². The van der Waals surface area contributed by atoms with E-state index >= 15 is 0 Å². The van der Waals surface area contributed by atoms with Crippen molar-refractivity contribution in [3.8, 4) is 50.8 Å². The number of thiophene rings is 2. The lowest BCUT2D eigenvalue weighted by Gasteiger charge is -2.26. The standard InChI is InChI=1S/C68H36N4OS2/c1-70-61-58(41-22-9-4-10-23-41)66(71-52-36-37-54-60(49-26-11-14-29-53(49)73-54)59(52)50-28-17-27-42(62(50)71)39-18-5-2-6-19-39)57(40-20-7-3-8-21-40)51(38-69)63(61)72-64-45(32-34-47-43-24-12-15-30-55(43)74-67(47)64)46-33-35-48-44-25-13-16-31-56(44)75-68(48)65(46)72/h2-37H. The molecule has 11 aromatic carbocycles. The molecule has 5 heterocycles. The summed E-state index contributed by atoms with van der Waals surface area (Å²) in [5.41, 5.74) is 12.9. The van der Waals surface area contributed by atoms with Crippen LogP contribution in [0.3, 0.4) is 0 Å². The summed E-state index contributed by atoms with van der Waals surface area (Å²) >= 11 is 3.54. The number of hydrogen-bond donors (Lipinski definition) is 0. The van der Waals surface area contributed by atoms with Crippen LogP contribution in [-0.2, 0) is 0 Å². The predicted octanol–water partition coefficient (Wildman–Crippen LogP) is 19.9. The fourth-order valence-corrected chi connectivity index (χ4v) is 14.8. The summed E-state index contributed by atoms with van der Waals surface area (Å²) in [7, 11) is 0. The lowest BCUT2D eigenvalue weighted by Crippen LogP contribution is -2.08. The lowest BCUT2D eigenvalue weighted by molar-refractivity contribution is 0.669. The summed E-state index contributed by atoms with van der Waals surface area (Å²) < 4.78 is 15.9. The van der Waals surface area contributed by atoms with Crippen LogP contribution in [0, 0.1) is 17.9 Å². The Morgan fingerprint density at radius 3 is 1.56 bits per heavy atom. The third kappa shape index (κ3) is 5.74. The van der Waals surface area contributed by atoms with E-state index in [0.29, 0.717) is 16.9 Å². The molecule has 5 aromatic heterocycles. The van der Waals surface area contributed by atoms with Gasteiger partial charge in [-0.05, 0) is 47.0 Å². The molecule has 7 heteroatoms. The second kappa shape index (κ2) is 15.9. The summed E-state index contributed by atoms with van der Waals surface area (Å²) in [6.45, 7) is 9.73. The van der Waals surface area contributed by atoms with Crippen LogP contribution >= 0.6 is 22.7 Å². The van der Waals surface area contributed by atoms with Gasteiger partial charge in [0.1, 0.15) is 17.2 Å². The highest BCUT2D eigenvalue weighted by molar-refractivity contribution is 7.27. The largest absolute Gasteiger partial charge is 0.456 e. The van der Waals surface area contributed by atoms with Crippen LogP contribution in [0.4, 0.5) is 5.69 Å². The normalized spacial score (nSPS) is 12.0. The van der Waals surface area contributed by atoms with Crippen molar-refractivity contribution in [2.45, 2.75) is 0 Å². The molecule has 0 aliphatic carbocycles. The van der Waals surface area contributed by atoms with Gasteiger partial charge in [-0.2, -0.15) is 5.26 Å². The highest BCUT2D eigenvalue weighted by Gasteiger charge is 2.34. The molecule has 16 aromatic rings. The number of benzene rings is 11.